The summed E-state index contributed by atoms with van der Waals surface area (Å²) in [4.78, 5) is 3.16. The standard InChI is InChI=1S/C14H16BrFN2OS/c1-8(9-2-4-19-5-3-9)18-13-7-11(16)10(15)6-12(13)17-14(18)20/h6-9H,2-5H2,1H3,(H,17,20). The van der Waals surface area contributed by atoms with Crippen LogP contribution in [-0.2, 0) is 4.74 Å². The number of ether oxygens (including phenoxy) is 1. The quantitative estimate of drug-likeness (QED) is 0.795. The van der Waals surface area contributed by atoms with Crippen molar-refractivity contribution < 1.29 is 9.13 Å². The number of nitrogens with one attached hydrogen (secondary N) is 1. The molecule has 1 unspecified atom stereocenters. The number of H-pyrrole nitrogens is 1. The largest absolute Gasteiger partial charge is 0.381 e. The van der Waals surface area contributed by atoms with Crippen molar-refractivity contribution in [1.82, 2.24) is 9.55 Å². The minimum Gasteiger partial charge on any atom is -0.381 e. The van der Waals surface area contributed by atoms with Crippen molar-refractivity contribution in [3.05, 3.63) is 27.2 Å². The highest BCUT2D eigenvalue weighted by Crippen LogP contribution is 2.32. The first-order chi connectivity index (χ1) is 9.58. The van der Waals surface area contributed by atoms with Crippen molar-refractivity contribution in [3.63, 3.8) is 0 Å². The van der Waals surface area contributed by atoms with E-state index >= 15 is 0 Å². The van der Waals surface area contributed by atoms with Crippen molar-refractivity contribution in [3.8, 4) is 0 Å². The third-order valence-electron chi connectivity index (χ3n) is 4.11. The predicted molar refractivity (Wildman–Crippen MR) is 83.0 cm³/mol. The Morgan fingerprint density at radius 2 is 2.15 bits per heavy atom. The molecule has 0 aliphatic carbocycles. The van der Waals surface area contributed by atoms with Crippen molar-refractivity contribution in [2.24, 2.45) is 5.92 Å². The third kappa shape index (κ3) is 2.44. The topological polar surface area (TPSA) is 29.9 Å². The molecule has 1 saturated heterocycles. The lowest BCUT2D eigenvalue weighted by atomic mass is 9.92. The molecule has 0 spiro atoms. The van der Waals surface area contributed by atoms with Gasteiger partial charge in [0.25, 0.3) is 0 Å². The van der Waals surface area contributed by atoms with Gasteiger partial charge in [0.05, 0.1) is 15.5 Å². The normalized spacial score (nSPS) is 18.6. The Labute approximate surface area is 130 Å². The van der Waals surface area contributed by atoms with Gasteiger partial charge in [0.2, 0.25) is 0 Å². The van der Waals surface area contributed by atoms with E-state index in [4.69, 9.17) is 17.0 Å². The molecule has 1 N–H and O–H groups in total. The molecular weight excluding hydrogens is 343 g/mol. The van der Waals surface area contributed by atoms with E-state index in [0.29, 0.717) is 15.2 Å². The lowest BCUT2D eigenvalue weighted by molar-refractivity contribution is 0.0517. The Hall–Kier alpha value is -0.720. The fourth-order valence-corrected chi connectivity index (χ4v) is 3.65. The van der Waals surface area contributed by atoms with Gasteiger partial charge in [0.1, 0.15) is 5.82 Å². The van der Waals surface area contributed by atoms with Gasteiger partial charge in [0.15, 0.2) is 4.77 Å². The van der Waals surface area contributed by atoms with Crippen molar-refractivity contribution in [1.29, 1.82) is 0 Å². The lowest BCUT2D eigenvalue weighted by Crippen LogP contribution is -2.24. The van der Waals surface area contributed by atoms with Crippen LogP contribution in [-0.4, -0.2) is 22.8 Å². The first-order valence-electron chi connectivity index (χ1n) is 6.75. The summed E-state index contributed by atoms with van der Waals surface area (Å²) < 4.78 is 22.4. The summed E-state index contributed by atoms with van der Waals surface area (Å²) in [5.74, 6) is 0.251. The fourth-order valence-electron chi connectivity index (χ4n) is 2.93. The van der Waals surface area contributed by atoms with Gasteiger partial charge in [-0.05, 0) is 59.9 Å². The van der Waals surface area contributed by atoms with E-state index < -0.39 is 0 Å². The highest BCUT2D eigenvalue weighted by atomic mass is 79.9. The molecule has 0 bridgehead atoms. The van der Waals surface area contributed by atoms with Gasteiger partial charge >= 0.3 is 0 Å². The summed E-state index contributed by atoms with van der Waals surface area (Å²) in [5, 5.41) is 0. The molecule has 108 valence electrons. The van der Waals surface area contributed by atoms with Crippen LogP contribution in [0.2, 0.25) is 0 Å². The van der Waals surface area contributed by atoms with E-state index in [2.05, 4.69) is 27.8 Å². The van der Waals surface area contributed by atoms with Crippen LogP contribution in [0.3, 0.4) is 0 Å². The van der Waals surface area contributed by atoms with E-state index in [0.717, 1.165) is 37.1 Å². The number of halogens is 2. The first kappa shape index (κ1) is 14.2. The molecule has 20 heavy (non-hydrogen) atoms. The Kier molecular flexibility index (Phi) is 3.97. The van der Waals surface area contributed by atoms with Crippen LogP contribution in [0, 0.1) is 16.5 Å². The maximum absolute atomic E-state index is 13.8. The second kappa shape index (κ2) is 5.58. The highest BCUT2D eigenvalue weighted by molar-refractivity contribution is 9.10. The van der Waals surface area contributed by atoms with Crippen LogP contribution >= 0.6 is 28.1 Å². The van der Waals surface area contributed by atoms with E-state index in [1.807, 2.05) is 4.57 Å². The highest BCUT2D eigenvalue weighted by Gasteiger charge is 2.24. The van der Waals surface area contributed by atoms with Gasteiger partial charge in [-0.25, -0.2) is 4.39 Å². The molecule has 1 aliphatic rings. The predicted octanol–water partition coefficient (Wildman–Crippen LogP) is 4.59. The minimum absolute atomic E-state index is 0.237. The van der Waals surface area contributed by atoms with Crippen LogP contribution < -0.4 is 0 Å². The second-order valence-corrected chi connectivity index (χ2v) is 6.52. The molecule has 0 saturated carbocycles. The third-order valence-corrected chi connectivity index (χ3v) is 5.02. The number of imidazole rings is 1. The molecule has 6 heteroatoms. The molecule has 3 nitrogen and oxygen atoms in total. The Morgan fingerprint density at radius 3 is 2.85 bits per heavy atom. The molecule has 2 heterocycles. The number of aromatic amines is 1. The molecule has 1 aliphatic heterocycles. The molecule has 0 amide bonds. The summed E-state index contributed by atoms with van der Waals surface area (Å²) >= 11 is 8.63. The van der Waals surface area contributed by atoms with Gasteiger partial charge in [-0.15, -0.1) is 0 Å². The summed E-state index contributed by atoms with van der Waals surface area (Å²) in [6.45, 7) is 3.74. The van der Waals surface area contributed by atoms with Gasteiger partial charge in [0, 0.05) is 25.3 Å². The second-order valence-electron chi connectivity index (χ2n) is 5.27. The molecule has 2 aromatic rings. The number of benzene rings is 1. The maximum atomic E-state index is 13.8. The van der Waals surface area contributed by atoms with E-state index in [1.54, 1.807) is 12.1 Å². The summed E-state index contributed by atoms with van der Waals surface area (Å²) in [5.41, 5.74) is 1.69. The smallest absolute Gasteiger partial charge is 0.178 e. The van der Waals surface area contributed by atoms with Crippen molar-refractivity contribution in [2.75, 3.05) is 13.2 Å². The Balaban J connectivity index is 2.08. The van der Waals surface area contributed by atoms with Gasteiger partial charge in [-0.3, -0.25) is 0 Å². The summed E-state index contributed by atoms with van der Waals surface area (Å²) in [6.07, 6.45) is 2.04. The molecule has 3 rings (SSSR count). The van der Waals surface area contributed by atoms with Crippen LogP contribution in [0.25, 0.3) is 11.0 Å². The fraction of sp³-hybridized carbons (Fsp3) is 0.500. The van der Waals surface area contributed by atoms with E-state index in [-0.39, 0.29) is 11.9 Å². The van der Waals surface area contributed by atoms with E-state index in [9.17, 15) is 4.39 Å². The number of hydrogen-bond acceptors (Lipinski definition) is 2. The molecule has 1 aromatic heterocycles. The zero-order valence-electron chi connectivity index (χ0n) is 11.2. The Bertz CT molecular complexity index is 690. The van der Waals surface area contributed by atoms with Crippen LogP contribution in [0.4, 0.5) is 4.39 Å². The molecule has 0 radical (unpaired) electrons. The minimum atomic E-state index is -0.264. The SMILES string of the molecule is CC(C1CCOCC1)n1c(=S)[nH]c2cc(Br)c(F)cc21. The average Bonchev–Trinajstić information content (AvgIpc) is 2.75. The zero-order valence-corrected chi connectivity index (χ0v) is 13.6. The van der Waals surface area contributed by atoms with E-state index in [1.165, 1.54) is 0 Å². The summed E-state index contributed by atoms with van der Waals surface area (Å²) in [6, 6.07) is 3.52. The lowest BCUT2D eigenvalue weighted by Gasteiger charge is -2.29. The number of rotatable bonds is 2. The summed E-state index contributed by atoms with van der Waals surface area (Å²) in [7, 11) is 0. The zero-order chi connectivity index (χ0) is 14.3. The van der Waals surface area contributed by atoms with Crippen molar-refractivity contribution in [2.45, 2.75) is 25.8 Å². The van der Waals surface area contributed by atoms with Gasteiger partial charge in [-0.2, -0.15) is 0 Å². The molecule has 1 fully saturated rings. The van der Waals surface area contributed by atoms with Gasteiger partial charge in [-0.1, -0.05) is 0 Å². The number of fused-ring (bicyclic) bond motifs is 1. The van der Waals surface area contributed by atoms with Crippen LogP contribution in [0.15, 0.2) is 16.6 Å². The van der Waals surface area contributed by atoms with Gasteiger partial charge < -0.3 is 14.3 Å². The van der Waals surface area contributed by atoms with Crippen molar-refractivity contribution >= 4 is 39.2 Å². The number of aromatic nitrogens is 2. The molecule has 1 atom stereocenters. The maximum Gasteiger partial charge on any atom is 0.178 e. The first-order valence-corrected chi connectivity index (χ1v) is 7.95. The Morgan fingerprint density at radius 1 is 1.45 bits per heavy atom. The van der Waals surface area contributed by atoms with Crippen LogP contribution in [0.1, 0.15) is 25.8 Å². The van der Waals surface area contributed by atoms with Crippen LogP contribution in [0.5, 0.6) is 0 Å². The number of hydrogen-bond donors (Lipinski definition) is 1. The molecule has 1 aromatic carbocycles. The monoisotopic (exact) mass is 358 g/mol. The average molecular weight is 359 g/mol. The molecular formula is C14H16BrFN2OS. The number of nitrogens with zero attached hydrogens (tertiary/aromatic N) is 1.